The number of phenolic OH excluding ortho intramolecular Hbond substituents is 1. The van der Waals surface area contributed by atoms with Crippen molar-refractivity contribution in [3.63, 3.8) is 0 Å². The molecule has 3 N–H and O–H groups in total. The van der Waals surface area contributed by atoms with E-state index in [0.29, 0.717) is 16.5 Å². The van der Waals surface area contributed by atoms with Gasteiger partial charge in [0.25, 0.3) is 0 Å². The summed E-state index contributed by atoms with van der Waals surface area (Å²) in [7, 11) is 0. The van der Waals surface area contributed by atoms with Gasteiger partial charge in [0.1, 0.15) is 5.75 Å². The fraction of sp³-hybridized carbons (Fsp3) is 0.519. The predicted octanol–water partition coefficient (Wildman–Crippen LogP) is 4.55. The van der Waals surface area contributed by atoms with Crippen LogP contribution in [0.15, 0.2) is 42.5 Å². The molecule has 3 aliphatic rings. The molecule has 2 aromatic carbocycles. The Morgan fingerprint density at radius 3 is 2.71 bits per heavy atom. The summed E-state index contributed by atoms with van der Waals surface area (Å²) in [5.74, 6) is 1.03. The Morgan fingerprint density at radius 1 is 1.15 bits per heavy atom. The van der Waals surface area contributed by atoms with Gasteiger partial charge in [-0.2, -0.15) is 0 Å². The van der Waals surface area contributed by atoms with Gasteiger partial charge in [-0.15, -0.1) is 0 Å². The number of aromatic hydroxyl groups is 1. The number of piperidine rings is 1. The molecule has 1 aliphatic heterocycles. The first-order valence-electron chi connectivity index (χ1n) is 12.3. The van der Waals surface area contributed by atoms with E-state index in [2.05, 4.69) is 16.3 Å². The number of rotatable bonds is 6. The molecule has 0 radical (unpaired) electrons. The quantitative estimate of drug-likeness (QED) is 0.541. The number of amides is 1. The normalized spacial score (nSPS) is 29.4. The molecule has 7 heteroatoms. The number of hydrogen-bond donors (Lipinski definition) is 3. The molecule has 34 heavy (non-hydrogen) atoms. The number of benzene rings is 2. The standard InChI is InChI=1S/C27H32Cl2N2O3/c28-23-7-6-18(10-24(23)29)11-26(34)30-20-13-25(33)22-16-31(15-17-4-5-17)9-8-27(22,14-20)19-2-1-3-21(32)12-19/h1-3,6-7,10,12,17,20,22,25,32-33H,4-5,8-9,11,13-16H2,(H,30,34). The molecule has 182 valence electrons. The second-order valence-corrected chi connectivity index (χ2v) is 11.3. The van der Waals surface area contributed by atoms with Gasteiger partial charge in [0.15, 0.2) is 0 Å². The van der Waals surface area contributed by atoms with Gasteiger partial charge in [-0.05, 0) is 80.0 Å². The van der Waals surface area contributed by atoms with E-state index in [4.69, 9.17) is 23.2 Å². The van der Waals surface area contributed by atoms with E-state index in [0.717, 1.165) is 49.5 Å². The summed E-state index contributed by atoms with van der Waals surface area (Å²) in [6.07, 6.45) is 4.51. The Kier molecular flexibility index (Phi) is 6.82. The lowest BCUT2D eigenvalue weighted by atomic mass is 9.57. The second kappa shape index (κ2) is 9.69. The van der Waals surface area contributed by atoms with Crippen molar-refractivity contribution in [1.82, 2.24) is 10.2 Å². The molecule has 2 aromatic rings. The highest BCUT2D eigenvalue weighted by molar-refractivity contribution is 6.42. The minimum Gasteiger partial charge on any atom is -0.508 e. The summed E-state index contributed by atoms with van der Waals surface area (Å²) >= 11 is 12.1. The molecular formula is C27H32Cl2N2O3. The van der Waals surface area contributed by atoms with E-state index >= 15 is 0 Å². The summed E-state index contributed by atoms with van der Waals surface area (Å²) < 4.78 is 0. The topological polar surface area (TPSA) is 72.8 Å². The van der Waals surface area contributed by atoms with Crippen LogP contribution in [0, 0.1) is 11.8 Å². The Labute approximate surface area is 211 Å². The molecular weight excluding hydrogens is 471 g/mol. The third-order valence-corrected chi connectivity index (χ3v) is 8.73. The molecule has 1 saturated heterocycles. The van der Waals surface area contributed by atoms with Crippen molar-refractivity contribution in [3.8, 4) is 5.75 Å². The maximum atomic E-state index is 12.9. The summed E-state index contributed by atoms with van der Waals surface area (Å²) in [5.41, 5.74) is 1.58. The molecule has 4 unspecified atom stereocenters. The number of halogens is 2. The molecule has 0 aromatic heterocycles. The smallest absolute Gasteiger partial charge is 0.224 e. The molecule has 0 bridgehead atoms. The molecule has 4 atom stereocenters. The molecule has 5 nitrogen and oxygen atoms in total. The van der Waals surface area contributed by atoms with E-state index in [1.54, 1.807) is 18.2 Å². The van der Waals surface area contributed by atoms with Gasteiger partial charge in [0.05, 0.1) is 22.6 Å². The van der Waals surface area contributed by atoms with Gasteiger partial charge >= 0.3 is 0 Å². The van der Waals surface area contributed by atoms with Crippen LogP contribution in [0.4, 0.5) is 0 Å². The van der Waals surface area contributed by atoms with Crippen molar-refractivity contribution in [2.75, 3.05) is 19.6 Å². The van der Waals surface area contributed by atoms with Crippen LogP contribution in [0.3, 0.4) is 0 Å². The molecule has 5 rings (SSSR count). The largest absolute Gasteiger partial charge is 0.508 e. The number of aliphatic hydroxyl groups excluding tert-OH is 1. The number of aliphatic hydroxyl groups is 1. The van der Waals surface area contributed by atoms with E-state index < -0.39 is 6.10 Å². The second-order valence-electron chi connectivity index (χ2n) is 10.5. The zero-order chi connectivity index (χ0) is 23.9. The van der Waals surface area contributed by atoms with Crippen molar-refractivity contribution in [2.45, 2.75) is 56.1 Å². The average molecular weight is 503 g/mol. The van der Waals surface area contributed by atoms with Gasteiger partial charge in [-0.3, -0.25) is 4.79 Å². The van der Waals surface area contributed by atoms with Crippen molar-refractivity contribution in [3.05, 3.63) is 63.6 Å². The van der Waals surface area contributed by atoms with E-state index in [1.807, 2.05) is 18.2 Å². The van der Waals surface area contributed by atoms with Crippen LogP contribution in [0.5, 0.6) is 5.75 Å². The Bertz CT molecular complexity index is 1060. The highest BCUT2D eigenvalue weighted by Gasteiger charge is 2.52. The van der Waals surface area contributed by atoms with Crippen LogP contribution in [0.2, 0.25) is 10.0 Å². The van der Waals surface area contributed by atoms with Crippen LogP contribution < -0.4 is 5.32 Å². The number of nitrogens with zero attached hydrogens (tertiary/aromatic N) is 1. The maximum absolute atomic E-state index is 12.9. The lowest BCUT2D eigenvalue weighted by Crippen LogP contribution is -2.61. The van der Waals surface area contributed by atoms with E-state index in [1.165, 1.54) is 12.8 Å². The predicted molar refractivity (Wildman–Crippen MR) is 134 cm³/mol. The molecule has 1 amide bonds. The lowest BCUT2D eigenvalue weighted by molar-refractivity contribution is -0.122. The molecule has 3 fully saturated rings. The fourth-order valence-electron chi connectivity index (χ4n) is 6.16. The average Bonchev–Trinajstić information content (AvgIpc) is 3.61. The summed E-state index contributed by atoms with van der Waals surface area (Å²) in [6.45, 7) is 2.94. The zero-order valence-electron chi connectivity index (χ0n) is 19.2. The van der Waals surface area contributed by atoms with Gasteiger partial charge in [0.2, 0.25) is 5.91 Å². The molecule has 1 heterocycles. The van der Waals surface area contributed by atoms with Crippen molar-refractivity contribution in [2.24, 2.45) is 11.8 Å². The van der Waals surface area contributed by atoms with Crippen LogP contribution in [-0.2, 0) is 16.6 Å². The monoisotopic (exact) mass is 502 g/mol. The van der Waals surface area contributed by atoms with E-state index in [-0.39, 0.29) is 35.5 Å². The number of carbonyl (C=O) groups excluding carboxylic acids is 1. The van der Waals surface area contributed by atoms with Crippen LogP contribution >= 0.6 is 23.2 Å². The number of phenols is 1. The van der Waals surface area contributed by atoms with Crippen molar-refractivity contribution >= 4 is 29.1 Å². The minimum atomic E-state index is -0.520. The van der Waals surface area contributed by atoms with Crippen LogP contribution in [0.1, 0.15) is 43.2 Å². The Morgan fingerprint density at radius 2 is 1.97 bits per heavy atom. The highest BCUT2D eigenvalue weighted by atomic mass is 35.5. The van der Waals surface area contributed by atoms with Gasteiger partial charge in [0, 0.05) is 30.5 Å². The number of carbonyl (C=O) groups is 1. The van der Waals surface area contributed by atoms with Gasteiger partial charge in [-0.1, -0.05) is 41.4 Å². The number of hydrogen-bond acceptors (Lipinski definition) is 4. The van der Waals surface area contributed by atoms with Crippen molar-refractivity contribution in [1.29, 1.82) is 0 Å². The summed E-state index contributed by atoms with van der Waals surface area (Å²) in [6, 6.07) is 12.6. The zero-order valence-corrected chi connectivity index (χ0v) is 20.7. The van der Waals surface area contributed by atoms with Crippen LogP contribution in [-0.4, -0.2) is 52.8 Å². The first-order valence-corrected chi connectivity index (χ1v) is 13.0. The fourth-order valence-corrected chi connectivity index (χ4v) is 6.48. The van der Waals surface area contributed by atoms with Gasteiger partial charge in [-0.25, -0.2) is 0 Å². The number of fused-ring (bicyclic) bond motifs is 1. The highest BCUT2D eigenvalue weighted by Crippen LogP contribution is 2.50. The van der Waals surface area contributed by atoms with E-state index in [9.17, 15) is 15.0 Å². The minimum absolute atomic E-state index is 0.0741. The first kappa shape index (κ1) is 23.9. The number of nitrogens with one attached hydrogen (secondary N) is 1. The molecule has 0 spiro atoms. The SMILES string of the molecule is O=C(Cc1ccc(Cl)c(Cl)c1)NC1CC(O)C2CN(CC3CC3)CCC2(c2cccc(O)c2)C1. The molecule has 2 saturated carbocycles. The lowest BCUT2D eigenvalue weighted by Gasteiger charge is -2.55. The third-order valence-electron chi connectivity index (χ3n) is 7.99. The maximum Gasteiger partial charge on any atom is 0.224 e. The summed E-state index contributed by atoms with van der Waals surface area (Å²) in [5, 5.41) is 25.6. The summed E-state index contributed by atoms with van der Waals surface area (Å²) in [4.78, 5) is 15.4. The van der Waals surface area contributed by atoms with Crippen LogP contribution in [0.25, 0.3) is 0 Å². The molecule has 2 aliphatic carbocycles. The number of likely N-dealkylation sites (tertiary alicyclic amines) is 1. The van der Waals surface area contributed by atoms with Gasteiger partial charge < -0.3 is 20.4 Å². The third kappa shape index (κ3) is 5.08. The Balaban J connectivity index is 1.35. The Hall–Kier alpha value is -1.79. The first-order chi connectivity index (χ1) is 16.3. The van der Waals surface area contributed by atoms with Crippen molar-refractivity contribution < 1.29 is 15.0 Å².